The van der Waals surface area contributed by atoms with Crippen LogP contribution in [0.3, 0.4) is 0 Å². The predicted octanol–water partition coefficient (Wildman–Crippen LogP) is 4.56. The largest absolute Gasteiger partial charge is 0.494 e. The second kappa shape index (κ2) is 20.2. The summed E-state index contributed by atoms with van der Waals surface area (Å²) in [6, 6.07) is 17.7. The standard InChI is InChI=1S/C49H53N7O12S/c1-28-13-15-31(35(24-44(59)60)32-22-36-46(40(23-32)66-4)54(3)53-52-36)21-33(28)26-55-25-29(2)68-39-20-30(14-17-41(39)69(55,64)65)10-7-5-6-8-19-50-43(58)27-67-38-12-9-11-34-45(38)49(63)56(48(34)62)37-16-18-42(57)51-47(37)61/h9,11-15,17,20-23,29,35,37H,5-8,10,16,18-19,24-27H2,1-4H3,(H,50,58)(H,59,60)(H,51,57,61)/t29-,35+,37?/m1/s1. The summed E-state index contributed by atoms with van der Waals surface area (Å²) in [5.41, 5.74) is 5.14. The quantitative estimate of drug-likeness (QED) is 0.0805. The molecule has 3 aliphatic rings. The van der Waals surface area contributed by atoms with Gasteiger partial charge in [0.05, 0.1) is 31.2 Å². The highest BCUT2D eigenvalue weighted by Crippen LogP contribution is 2.38. The fourth-order valence-corrected chi connectivity index (χ4v) is 10.8. The van der Waals surface area contributed by atoms with E-state index in [1.54, 1.807) is 36.0 Å². The van der Waals surface area contributed by atoms with E-state index in [-0.39, 0.29) is 59.9 Å². The number of amides is 5. The number of carboxylic acids is 1. The molecule has 69 heavy (non-hydrogen) atoms. The Morgan fingerprint density at radius 2 is 1.77 bits per heavy atom. The number of sulfonamides is 1. The number of hydrogen-bond donors (Lipinski definition) is 3. The maximum atomic E-state index is 14.3. The van der Waals surface area contributed by atoms with E-state index in [0.717, 1.165) is 40.9 Å². The van der Waals surface area contributed by atoms with Crippen molar-refractivity contribution in [3.8, 4) is 17.2 Å². The maximum Gasteiger partial charge on any atom is 0.304 e. The van der Waals surface area contributed by atoms with Crippen molar-refractivity contribution in [1.29, 1.82) is 0 Å². The minimum atomic E-state index is -4.02. The zero-order valence-corrected chi connectivity index (χ0v) is 39.5. The molecule has 1 saturated heterocycles. The second-order valence-electron chi connectivity index (χ2n) is 17.6. The summed E-state index contributed by atoms with van der Waals surface area (Å²) >= 11 is 0. The number of ether oxygens (including phenoxy) is 3. The van der Waals surface area contributed by atoms with Crippen molar-refractivity contribution in [1.82, 2.24) is 34.8 Å². The van der Waals surface area contributed by atoms with E-state index in [1.165, 1.54) is 29.6 Å². The maximum absolute atomic E-state index is 14.3. The van der Waals surface area contributed by atoms with Crippen LogP contribution in [-0.2, 0) is 49.2 Å². The number of carbonyl (C=O) groups is 6. The van der Waals surface area contributed by atoms with Crippen molar-refractivity contribution in [2.45, 2.75) is 94.7 Å². The summed E-state index contributed by atoms with van der Waals surface area (Å²) in [6.07, 6.45) is 3.16. The Balaban J connectivity index is 0.831. The number of rotatable bonds is 18. The Morgan fingerprint density at radius 1 is 0.971 bits per heavy atom. The number of aryl methyl sites for hydroxylation is 3. The number of nitrogens with zero attached hydrogens (tertiary/aromatic N) is 5. The van der Waals surface area contributed by atoms with Crippen LogP contribution in [0.15, 0.2) is 71.6 Å². The lowest BCUT2D eigenvalue weighted by atomic mass is 9.86. The molecule has 4 aromatic carbocycles. The first-order valence-corrected chi connectivity index (χ1v) is 24.2. The van der Waals surface area contributed by atoms with Crippen molar-refractivity contribution in [2.24, 2.45) is 7.05 Å². The normalized spacial score (nSPS) is 18.2. The van der Waals surface area contributed by atoms with E-state index >= 15 is 0 Å². The molecule has 362 valence electrons. The Bertz CT molecular complexity index is 2990. The van der Waals surface area contributed by atoms with Crippen molar-refractivity contribution in [2.75, 3.05) is 26.8 Å². The van der Waals surface area contributed by atoms with Gasteiger partial charge in [0, 0.05) is 32.5 Å². The molecule has 19 nitrogen and oxygen atoms in total. The molecule has 4 heterocycles. The highest BCUT2D eigenvalue weighted by atomic mass is 32.2. The van der Waals surface area contributed by atoms with Crippen LogP contribution >= 0.6 is 0 Å². The van der Waals surface area contributed by atoms with Crippen molar-refractivity contribution >= 4 is 56.6 Å². The van der Waals surface area contributed by atoms with E-state index in [9.17, 15) is 42.3 Å². The number of aliphatic carboxylic acids is 1. The summed E-state index contributed by atoms with van der Waals surface area (Å²) in [5.74, 6) is -3.75. The van der Waals surface area contributed by atoms with Crippen LogP contribution in [0.2, 0.25) is 0 Å². The van der Waals surface area contributed by atoms with Crippen LogP contribution in [0.4, 0.5) is 0 Å². The molecule has 0 spiro atoms. The van der Waals surface area contributed by atoms with Gasteiger partial charge in [0.1, 0.15) is 45.3 Å². The summed E-state index contributed by atoms with van der Waals surface area (Å²) in [4.78, 5) is 76.2. The Morgan fingerprint density at radius 3 is 2.54 bits per heavy atom. The van der Waals surface area contributed by atoms with Crippen LogP contribution in [-0.4, -0.2) is 112 Å². The van der Waals surface area contributed by atoms with E-state index in [2.05, 4.69) is 20.9 Å². The van der Waals surface area contributed by atoms with Gasteiger partial charge in [-0.05, 0) is 104 Å². The number of carboxylic acid groups (broad SMARTS) is 1. The van der Waals surface area contributed by atoms with E-state index in [4.69, 9.17) is 14.2 Å². The third kappa shape index (κ3) is 10.2. The van der Waals surface area contributed by atoms with Crippen LogP contribution in [0.1, 0.15) is 106 Å². The highest BCUT2D eigenvalue weighted by molar-refractivity contribution is 7.89. The molecule has 0 bridgehead atoms. The predicted molar refractivity (Wildman–Crippen MR) is 248 cm³/mol. The Hall–Kier alpha value is -7.19. The van der Waals surface area contributed by atoms with E-state index < -0.39 is 70.2 Å². The van der Waals surface area contributed by atoms with Crippen LogP contribution < -0.4 is 24.8 Å². The highest BCUT2D eigenvalue weighted by Gasteiger charge is 2.46. The smallest absolute Gasteiger partial charge is 0.304 e. The van der Waals surface area contributed by atoms with Gasteiger partial charge >= 0.3 is 5.97 Å². The zero-order chi connectivity index (χ0) is 49.1. The van der Waals surface area contributed by atoms with E-state index in [0.29, 0.717) is 47.3 Å². The van der Waals surface area contributed by atoms with Gasteiger partial charge in [0.25, 0.3) is 17.7 Å². The molecule has 1 fully saturated rings. The van der Waals surface area contributed by atoms with Gasteiger partial charge in [-0.15, -0.1) is 5.10 Å². The first-order valence-electron chi connectivity index (χ1n) is 22.8. The van der Waals surface area contributed by atoms with E-state index in [1.807, 2.05) is 38.1 Å². The second-order valence-corrected chi connectivity index (χ2v) is 19.5. The number of nitrogens with one attached hydrogen (secondary N) is 2. The topological polar surface area (TPSA) is 246 Å². The first-order chi connectivity index (χ1) is 33.0. The fraction of sp³-hybridized carbons (Fsp3) is 0.388. The van der Waals surface area contributed by atoms with Crippen LogP contribution in [0.5, 0.6) is 17.2 Å². The molecule has 3 atom stereocenters. The number of methoxy groups -OCH3 is 1. The minimum absolute atomic E-state index is 0.00388. The van der Waals surface area contributed by atoms with Gasteiger partial charge in [-0.3, -0.25) is 39.0 Å². The van der Waals surface area contributed by atoms with Crippen molar-refractivity contribution in [3.63, 3.8) is 0 Å². The van der Waals surface area contributed by atoms with Gasteiger partial charge in [-0.2, -0.15) is 4.31 Å². The molecule has 1 unspecified atom stereocenters. The molecule has 20 heteroatoms. The molecule has 0 aliphatic carbocycles. The Labute approximate surface area is 398 Å². The minimum Gasteiger partial charge on any atom is -0.494 e. The number of benzene rings is 4. The van der Waals surface area contributed by atoms with Crippen molar-refractivity contribution < 1.29 is 56.5 Å². The molecular formula is C49H53N7O12S. The van der Waals surface area contributed by atoms with Gasteiger partial charge in [-0.25, -0.2) is 13.1 Å². The lowest BCUT2D eigenvalue weighted by molar-refractivity contribution is -0.138. The van der Waals surface area contributed by atoms with Crippen LogP contribution in [0, 0.1) is 6.92 Å². The van der Waals surface area contributed by atoms with Gasteiger partial charge in [-0.1, -0.05) is 48.4 Å². The number of hydrogen-bond acceptors (Lipinski definition) is 13. The summed E-state index contributed by atoms with van der Waals surface area (Å²) < 4.78 is 49.2. The molecular weight excluding hydrogens is 911 g/mol. The molecule has 5 amide bonds. The average molecular weight is 964 g/mol. The molecule has 5 aromatic rings. The lowest BCUT2D eigenvalue weighted by Gasteiger charge is -2.27. The summed E-state index contributed by atoms with van der Waals surface area (Å²) in [6.45, 7) is 3.85. The molecule has 1 aromatic heterocycles. The van der Waals surface area contributed by atoms with Gasteiger partial charge < -0.3 is 24.6 Å². The number of carbonyl (C=O) groups excluding carboxylic acids is 5. The zero-order valence-electron chi connectivity index (χ0n) is 38.7. The lowest BCUT2D eigenvalue weighted by Crippen LogP contribution is -2.54. The molecule has 3 N–H and O–H groups in total. The third-order valence-electron chi connectivity index (χ3n) is 12.7. The third-order valence-corrected chi connectivity index (χ3v) is 14.6. The Kier molecular flexibility index (Phi) is 14.1. The number of unbranched alkanes of at least 4 members (excludes halogenated alkanes) is 3. The molecule has 0 radical (unpaired) electrons. The number of imide groups is 2. The van der Waals surface area contributed by atoms with Gasteiger partial charge in [0.2, 0.25) is 21.8 Å². The molecule has 3 aliphatic heterocycles. The number of fused-ring (bicyclic) bond motifs is 3. The summed E-state index contributed by atoms with van der Waals surface area (Å²) in [7, 11) is -0.735. The number of piperidine rings is 1. The monoisotopic (exact) mass is 963 g/mol. The molecule has 0 saturated carbocycles. The number of aromatic nitrogens is 3. The fourth-order valence-electron chi connectivity index (χ4n) is 9.18. The van der Waals surface area contributed by atoms with Crippen LogP contribution in [0.25, 0.3) is 11.0 Å². The molecule has 8 rings (SSSR count). The van der Waals surface area contributed by atoms with Crippen molar-refractivity contribution in [3.05, 3.63) is 106 Å². The average Bonchev–Trinajstić information content (AvgIpc) is 3.78. The SMILES string of the molecule is COc1cc([C@@H](CC(=O)O)c2ccc(C)c(CN3C[C@@H](C)Oc4cc(CCCCCCNC(=O)COc5cccc6c5C(=O)N(C5CCC(=O)NC5=O)C6=O)ccc4S3(=O)=O)c2)cc2nnn(C)c12. The summed E-state index contributed by atoms with van der Waals surface area (Å²) in [5, 5.41) is 23.3. The first kappa shape index (κ1) is 48.3. The van der Waals surface area contributed by atoms with Gasteiger partial charge in [0.15, 0.2) is 6.61 Å².